The lowest BCUT2D eigenvalue weighted by Crippen LogP contribution is -2.54. The number of carbonyl (C=O) groups excluding carboxylic acids is 3. The summed E-state index contributed by atoms with van der Waals surface area (Å²) in [4.78, 5) is 44.0. The molecule has 0 radical (unpaired) electrons. The number of benzene rings is 1. The zero-order valence-corrected chi connectivity index (χ0v) is 20.7. The van der Waals surface area contributed by atoms with Gasteiger partial charge in [0.1, 0.15) is 16.6 Å². The van der Waals surface area contributed by atoms with E-state index < -0.39 is 0 Å². The minimum Gasteiger partial charge on any atom is -0.316 e. The third kappa shape index (κ3) is 3.98. The lowest BCUT2D eigenvalue weighted by atomic mass is 9.81. The molecule has 0 aliphatic carbocycles. The Balaban J connectivity index is 1.58. The van der Waals surface area contributed by atoms with Crippen LogP contribution in [0.25, 0.3) is 20.8 Å². The van der Waals surface area contributed by atoms with Gasteiger partial charge in [-0.05, 0) is 51.8 Å². The number of fused-ring (bicyclic) bond motifs is 2. The average Bonchev–Trinajstić information content (AvgIpc) is 3.38. The summed E-state index contributed by atoms with van der Waals surface area (Å²) in [5.41, 5.74) is 2.66. The Hall–Kier alpha value is -2.62. The van der Waals surface area contributed by atoms with Crippen molar-refractivity contribution in [3.8, 4) is 10.6 Å². The van der Waals surface area contributed by atoms with Gasteiger partial charge in [0, 0.05) is 34.4 Å². The fourth-order valence-electron chi connectivity index (χ4n) is 4.93. The molecular formula is C24H26N4O3S2. The monoisotopic (exact) mass is 482 g/mol. The van der Waals surface area contributed by atoms with Crippen molar-refractivity contribution in [3.63, 3.8) is 0 Å². The van der Waals surface area contributed by atoms with Crippen LogP contribution in [0.4, 0.5) is 5.00 Å². The van der Waals surface area contributed by atoms with Gasteiger partial charge in [-0.2, -0.15) is 0 Å². The van der Waals surface area contributed by atoms with E-state index in [9.17, 15) is 14.4 Å². The summed E-state index contributed by atoms with van der Waals surface area (Å²) in [7, 11) is 0. The van der Waals surface area contributed by atoms with Gasteiger partial charge in [-0.25, -0.2) is 4.98 Å². The van der Waals surface area contributed by atoms with Gasteiger partial charge >= 0.3 is 0 Å². The zero-order valence-electron chi connectivity index (χ0n) is 19.1. The fourth-order valence-corrected chi connectivity index (χ4v) is 7.33. The number of rotatable bonds is 4. The summed E-state index contributed by atoms with van der Waals surface area (Å²) in [5.74, 6) is -0.956. The van der Waals surface area contributed by atoms with E-state index in [1.54, 1.807) is 22.7 Å². The number of aromatic nitrogens is 1. The van der Waals surface area contributed by atoms with Gasteiger partial charge in [-0.3, -0.25) is 19.3 Å². The number of imide groups is 1. The smallest absolute Gasteiger partial charge is 0.245 e. The highest BCUT2D eigenvalue weighted by molar-refractivity contribution is 7.23. The fraction of sp³-hybridized carbons (Fsp3) is 0.417. The molecule has 3 amide bonds. The predicted molar refractivity (Wildman–Crippen MR) is 131 cm³/mol. The molecular weight excluding hydrogens is 456 g/mol. The Morgan fingerprint density at radius 1 is 1.12 bits per heavy atom. The van der Waals surface area contributed by atoms with E-state index in [1.165, 1.54) is 10.4 Å². The summed E-state index contributed by atoms with van der Waals surface area (Å²) in [6.45, 7) is 8.41. The van der Waals surface area contributed by atoms with E-state index in [2.05, 4.69) is 38.3 Å². The maximum atomic E-state index is 12.9. The van der Waals surface area contributed by atoms with E-state index >= 15 is 0 Å². The number of hydrogen-bond donors (Lipinski definition) is 2. The number of amides is 3. The highest BCUT2D eigenvalue weighted by atomic mass is 32.1. The van der Waals surface area contributed by atoms with Crippen molar-refractivity contribution in [2.24, 2.45) is 0 Å². The molecule has 1 fully saturated rings. The number of para-hydroxylation sites is 1. The van der Waals surface area contributed by atoms with Gasteiger partial charge in [0.05, 0.1) is 10.2 Å². The number of thiazole rings is 1. The van der Waals surface area contributed by atoms with Crippen molar-refractivity contribution < 1.29 is 14.4 Å². The van der Waals surface area contributed by atoms with Crippen LogP contribution in [0.3, 0.4) is 0 Å². The highest BCUT2D eigenvalue weighted by Gasteiger charge is 2.41. The first-order valence-electron chi connectivity index (χ1n) is 11.0. The lowest BCUT2D eigenvalue weighted by molar-refractivity contribution is -0.141. The number of nitrogens with one attached hydrogen (secondary N) is 2. The first kappa shape index (κ1) is 22.2. The third-order valence-electron chi connectivity index (χ3n) is 6.06. The van der Waals surface area contributed by atoms with Gasteiger partial charge in [0.2, 0.25) is 17.7 Å². The molecule has 1 aromatic carbocycles. The largest absolute Gasteiger partial charge is 0.316 e. The molecule has 3 aromatic rings. The standard InChI is InChI=1S/C24H26N4O3S2/c1-23(2)11-13-19(21-25-14-7-5-6-8-15(14)32-21)22(33-20(13)24(3,4)27-23)26-16(29)12-28-17(30)9-10-18(28)31/h5-8,27H,9-12H2,1-4H3,(H,26,29). The minimum atomic E-state index is -0.371. The Kier molecular flexibility index (Phi) is 5.19. The molecule has 7 nitrogen and oxygen atoms in total. The van der Waals surface area contributed by atoms with Gasteiger partial charge in [-0.15, -0.1) is 22.7 Å². The molecule has 172 valence electrons. The van der Waals surface area contributed by atoms with Crippen molar-refractivity contribution in [2.45, 2.75) is 58.0 Å². The Morgan fingerprint density at radius 2 is 1.82 bits per heavy atom. The molecule has 4 heterocycles. The number of carbonyl (C=O) groups is 3. The van der Waals surface area contributed by atoms with Crippen molar-refractivity contribution in [3.05, 3.63) is 34.7 Å². The molecule has 0 bridgehead atoms. The van der Waals surface area contributed by atoms with E-state index in [0.29, 0.717) is 0 Å². The second-order valence-corrected chi connectivity index (χ2v) is 11.9. The summed E-state index contributed by atoms with van der Waals surface area (Å²) in [6, 6.07) is 8.01. The highest BCUT2D eigenvalue weighted by Crippen LogP contribution is 2.50. The van der Waals surface area contributed by atoms with Gasteiger partial charge in [-0.1, -0.05) is 12.1 Å². The Labute approximate surface area is 200 Å². The van der Waals surface area contributed by atoms with Crippen molar-refractivity contribution in [1.82, 2.24) is 15.2 Å². The molecule has 5 rings (SSSR count). The Bertz CT molecular complexity index is 1260. The van der Waals surface area contributed by atoms with E-state index in [1.807, 2.05) is 24.3 Å². The summed E-state index contributed by atoms with van der Waals surface area (Å²) in [6.07, 6.45) is 1.14. The van der Waals surface area contributed by atoms with Gasteiger partial charge < -0.3 is 10.6 Å². The van der Waals surface area contributed by atoms with Crippen LogP contribution in [0.15, 0.2) is 24.3 Å². The Morgan fingerprint density at radius 3 is 2.52 bits per heavy atom. The first-order valence-corrected chi connectivity index (χ1v) is 12.6. The lowest BCUT2D eigenvalue weighted by Gasteiger charge is -2.42. The van der Waals surface area contributed by atoms with Crippen LogP contribution in [-0.4, -0.2) is 39.7 Å². The number of thiophene rings is 1. The number of likely N-dealkylation sites (tertiary alicyclic amines) is 1. The molecule has 2 N–H and O–H groups in total. The van der Waals surface area contributed by atoms with Crippen molar-refractivity contribution >= 4 is 55.6 Å². The predicted octanol–water partition coefficient (Wildman–Crippen LogP) is 4.27. The number of hydrogen-bond acceptors (Lipinski definition) is 7. The van der Waals surface area contributed by atoms with Crippen LogP contribution in [0.2, 0.25) is 0 Å². The number of nitrogens with zero attached hydrogens (tertiary/aromatic N) is 2. The molecule has 9 heteroatoms. The summed E-state index contributed by atoms with van der Waals surface area (Å²) >= 11 is 3.15. The average molecular weight is 483 g/mol. The third-order valence-corrected chi connectivity index (χ3v) is 8.59. The van der Waals surface area contributed by atoms with Crippen LogP contribution in [-0.2, 0) is 26.3 Å². The molecule has 2 aliphatic heterocycles. The first-order chi connectivity index (χ1) is 15.5. The molecule has 0 atom stereocenters. The van der Waals surface area contributed by atoms with Crippen molar-refractivity contribution in [2.75, 3.05) is 11.9 Å². The second kappa shape index (κ2) is 7.72. The SMILES string of the molecule is CC1(C)Cc2c(sc(NC(=O)CN3C(=O)CCC3=O)c2-c2nc3ccccc3s2)C(C)(C)N1. The van der Waals surface area contributed by atoms with Gasteiger partial charge in [0.25, 0.3) is 0 Å². The van der Waals surface area contributed by atoms with Crippen LogP contribution in [0.1, 0.15) is 51.0 Å². The number of anilines is 1. The van der Waals surface area contributed by atoms with Crippen molar-refractivity contribution in [1.29, 1.82) is 0 Å². The van der Waals surface area contributed by atoms with E-state index in [-0.39, 0.29) is 48.2 Å². The van der Waals surface area contributed by atoms with Crippen LogP contribution < -0.4 is 10.6 Å². The van der Waals surface area contributed by atoms with Crippen LogP contribution in [0, 0.1) is 0 Å². The maximum Gasteiger partial charge on any atom is 0.245 e. The normalized spacial score (nSPS) is 19.2. The maximum absolute atomic E-state index is 12.9. The van der Waals surface area contributed by atoms with Gasteiger partial charge in [0.15, 0.2) is 0 Å². The molecule has 2 aromatic heterocycles. The molecule has 0 spiro atoms. The molecule has 0 saturated carbocycles. The zero-order chi connectivity index (χ0) is 23.5. The van der Waals surface area contributed by atoms with E-state index in [4.69, 9.17) is 4.98 Å². The molecule has 0 unspecified atom stereocenters. The molecule has 2 aliphatic rings. The quantitative estimate of drug-likeness (QED) is 0.542. The second-order valence-electron chi connectivity index (χ2n) is 9.83. The minimum absolute atomic E-state index is 0.126. The van der Waals surface area contributed by atoms with Crippen LogP contribution >= 0.6 is 22.7 Å². The van der Waals surface area contributed by atoms with E-state index in [0.717, 1.165) is 37.1 Å². The summed E-state index contributed by atoms with van der Waals surface area (Å²) in [5, 5.41) is 8.31. The summed E-state index contributed by atoms with van der Waals surface area (Å²) < 4.78 is 1.09. The molecule has 33 heavy (non-hydrogen) atoms. The molecule has 1 saturated heterocycles. The van der Waals surface area contributed by atoms with Crippen LogP contribution in [0.5, 0.6) is 0 Å². The topological polar surface area (TPSA) is 91.4 Å².